The summed E-state index contributed by atoms with van der Waals surface area (Å²) in [7, 11) is 1.69. The van der Waals surface area contributed by atoms with Crippen LogP contribution in [0.15, 0.2) is 18.2 Å². The molecular formula is C16H20N4O. The SMILES string of the molecule is COc1cc(N2CC3(CC3)C2)nnc1-n1c(C)ccc1C. The summed E-state index contributed by atoms with van der Waals surface area (Å²) in [6.45, 7) is 6.36. The molecule has 0 unspecified atom stereocenters. The van der Waals surface area contributed by atoms with E-state index in [9.17, 15) is 0 Å². The monoisotopic (exact) mass is 284 g/mol. The topological polar surface area (TPSA) is 43.2 Å². The van der Waals surface area contributed by atoms with Gasteiger partial charge in [-0.2, -0.15) is 0 Å². The van der Waals surface area contributed by atoms with E-state index >= 15 is 0 Å². The lowest BCUT2D eigenvalue weighted by atomic mass is 9.97. The summed E-state index contributed by atoms with van der Waals surface area (Å²) in [6.07, 6.45) is 2.74. The van der Waals surface area contributed by atoms with Crippen LogP contribution in [0.4, 0.5) is 5.82 Å². The van der Waals surface area contributed by atoms with Crippen molar-refractivity contribution < 1.29 is 4.74 Å². The minimum absolute atomic E-state index is 0.612. The fourth-order valence-electron chi connectivity index (χ4n) is 3.24. The molecule has 4 rings (SSSR count). The predicted octanol–water partition coefficient (Wildman–Crippen LogP) is 2.49. The summed E-state index contributed by atoms with van der Waals surface area (Å²) in [5.74, 6) is 2.47. The molecule has 1 aliphatic carbocycles. The van der Waals surface area contributed by atoms with Gasteiger partial charge in [0.05, 0.1) is 7.11 Å². The second-order valence-corrected chi connectivity index (χ2v) is 6.40. The van der Waals surface area contributed by atoms with Crippen molar-refractivity contribution in [2.75, 3.05) is 25.1 Å². The molecule has 0 atom stereocenters. The number of aromatic nitrogens is 3. The van der Waals surface area contributed by atoms with Crippen molar-refractivity contribution in [1.29, 1.82) is 0 Å². The Balaban J connectivity index is 1.69. The maximum Gasteiger partial charge on any atom is 0.202 e. The van der Waals surface area contributed by atoms with Gasteiger partial charge in [-0.3, -0.25) is 4.57 Å². The van der Waals surface area contributed by atoms with Crippen molar-refractivity contribution >= 4 is 5.82 Å². The maximum absolute atomic E-state index is 5.56. The van der Waals surface area contributed by atoms with Gasteiger partial charge in [0.1, 0.15) is 0 Å². The number of ether oxygens (including phenoxy) is 1. The smallest absolute Gasteiger partial charge is 0.202 e. The van der Waals surface area contributed by atoms with Gasteiger partial charge < -0.3 is 9.64 Å². The summed E-state index contributed by atoms with van der Waals surface area (Å²) in [4.78, 5) is 2.29. The molecule has 0 N–H and O–H groups in total. The van der Waals surface area contributed by atoms with Gasteiger partial charge in [-0.15, -0.1) is 10.2 Å². The van der Waals surface area contributed by atoms with Crippen molar-refractivity contribution in [1.82, 2.24) is 14.8 Å². The summed E-state index contributed by atoms with van der Waals surface area (Å²) < 4.78 is 7.63. The molecule has 2 aromatic heterocycles. The molecule has 0 radical (unpaired) electrons. The van der Waals surface area contributed by atoms with E-state index < -0.39 is 0 Å². The molecule has 1 spiro atoms. The van der Waals surface area contributed by atoms with Crippen LogP contribution >= 0.6 is 0 Å². The molecule has 2 aliphatic rings. The number of hydrogen-bond donors (Lipinski definition) is 0. The molecule has 0 aromatic carbocycles. The Morgan fingerprint density at radius 3 is 2.33 bits per heavy atom. The first kappa shape index (κ1) is 12.7. The molecule has 3 heterocycles. The lowest BCUT2D eigenvalue weighted by molar-refractivity contribution is 0.379. The van der Waals surface area contributed by atoms with Crippen molar-refractivity contribution in [3.63, 3.8) is 0 Å². The lowest BCUT2D eigenvalue weighted by Crippen LogP contribution is -2.49. The number of nitrogens with zero attached hydrogens (tertiary/aromatic N) is 4. The van der Waals surface area contributed by atoms with Crippen LogP contribution in [0.25, 0.3) is 5.82 Å². The average Bonchev–Trinajstić information content (AvgIpc) is 3.18. The van der Waals surface area contributed by atoms with E-state index in [2.05, 4.69) is 45.6 Å². The zero-order valence-electron chi connectivity index (χ0n) is 12.8. The summed E-state index contributed by atoms with van der Waals surface area (Å²) in [5, 5.41) is 8.85. The fourth-order valence-corrected chi connectivity index (χ4v) is 3.24. The molecule has 1 saturated heterocycles. The Bertz CT molecular complexity index is 675. The van der Waals surface area contributed by atoms with Crippen LogP contribution in [0.5, 0.6) is 5.75 Å². The zero-order chi connectivity index (χ0) is 14.6. The van der Waals surface area contributed by atoms with E-state index in [4.69, 9.17) is 4.74 Å². The normalized spacial score (nSPS) is 18.7. The fraction of sp³-hybridized carbons (Fsp3) is 0.500. The Hall–Kier alpha value is -2.04. The molecule has 21 heavy (non-hydrogen) atoms. The molecule has 1 aliphatic heterocycles. The highest BCUT2D eigenvalue weighted by atomic mass is 16.5. The number of hydrogen-bond acceptors (Lipinski definition) is 4. The molecule has 0 amide bonds. The maximum atomic E-state index is 5.56. The third-order valence-electron chi connectivity index (χ3n) is 4.76. The van der Waals surface area contributed by atoms with Gasteiger partial charge >= 0.3 is 0 Å². The summed E-state index contributed by atoms with van der Waals surface area (Å²) in [6, 6.07) is 6.17. The highest BCUT2D eigenvalue weighted by Crippen LogP contribution is 2.53. The second kappa shape index (κ2) is 4.23. The Morgan fingerprint density at radius 2 is 1.76 bits per heavy atom. The summed E-state index contributed by atoms with van der Waals surface area (Å²) in [5.41, 5.74) is 2.88. The third kappa shape index (κ3) is 1.91. The zero-order valence-corrected chi connectivity index (χ0v) is 12.8. The van der Waals surface area contributed by atoms with Crippen LogP contribution in [0.2, 0.25) is 0 Å². The van der Waals surface area contributed by atoms with E-state index in [1.54, 1.807) is 7.11 Å². The Kier molecular flexibility index (Phi) is 2.55. The van der Waals surface area contributed by atoms with Crippen LogP contribution in [0, 0.1) is 19.3 Å². The van der Waals surface area contributed by atoms with Gasteiger partial charge in [0, 0.05) is 36.0 Å². The van der Waals surface area contributed by atoms with Crippen molar-refractivity contribution in [2.45, 2.75) is 26.7 Å². The van der Waals surface area contributed by atoms with Crippen molar-refractivity contribution in [3.8, 4) is 11.6 Å². The van der Waals surface area contributed by atoms with Gasteiger partial charge in [0.15, 0.2) is 11.6 Å². The first-order valence-corrected chi connectivity index (χ1v) is 7.44. The predicted molar refractivity (Wildman–Crippen MR) is 81.3 cm³/mol. The highest BCUT2D eigenvalue weighted by Gasteiger charge is 2.52. The first-order chi connectivity index (χ1) is 10.1. The Morgan fingerprint density at radius 1 is 1.10 bits per heavy atom. The van der Waals surface area contributed by atoms with Crippen molar-refractivity contribution in [3.05, 3.63) is 29.6 Å². The van der Waals surface area contributed by atoms with E-state index in [1.165, 1.54) is 12.8 Å². The van der Waals surface area contributed by atoms with Crippen LogP contribution in [0.3, 0.4) is 0 Å². The molecule has 2 fully saturated rings. The molecule has 1 saturated carbocycles. The van der Waals surface area contributed by atoms with Crippen LogP contribution in [-0.2, 0) is 0 Å². The van der Waals surface area contributed by atoms with Crippen molar-refractivity contribution in [2.24, 2.45) is 5.41 Å². The number of anilines is 1. The van der Waals surface area contributed by atoms with E-state index in [0.717, 1.165) is 41.9 Å². The molecule has 110 valence electrons. The van der Waals surface area contributed by atoms with E-state index in [1.807, 2.05) is 6.07 Å². The second-order valence-electron chi connectivity index (χ2n) is 6.40. The molecule has 5 heteroatoms. The van der Waals surface area contributed by atoms with Gasteiger partial charge in [-0.05, 0) is 38.8 Å². The highest BCUT2D eigenvalue weighted by molar-refractivity contribution is 5.53. The minimum Gasteiger partial charge on any atom is -0.493 e. The molecule has 0 bridgehead atoms. The quantitative estimate of drug-likeness (QED) is 0.868. The van der Waals surface area contributed by atoms with E-state index in [-0.39, 0.29) is 0 Å². The minimum atomic E-state index is 0.612. The van der Waals surface area contributed by atoms with Crippen LogP contribution < -0.4 is 9.64 Å². The van der Waals surface area contributed by atoms with Crippen LogP contribution in [-0.4, -0.2) is 35.0 Å². The largest absolute Gasteiger partial charge is 0.493 e. The number of rotatable bonds is 3. The lowest BCUT2D eigenvalue weighted by Gasteiger charge is -2.40. The van der Waals surface area contributed by atoms with Gasteiger partial charge in [-0.25, -0.2) is 0 Å². The molecule has 2 aromatic rings. The Labute approximate surface area is 124 Å². The molecular weight excluding hydrogens is 264 g/mol. The average molecular weight is 284 g/mol. The number of aryl methyl sites for hydroxylation is 2. The molecule has 5 nitrogen and oxygen atoms in total. The van der Waals surface area contributed by atoms with Crippen LogP contribution in [0.1, 0.15) is 24.2 Å². The number of methoxy groups -OCH3 is 1. The van der Waals surface area contributed by atoms with Gasteiger partial charge in [0.25, 0.3) is 0 Å². The standard InChI is InChI=1S/C16H20N4O/c1-11-4-5-12(2)20(11)15-13(21-3)8-14(17-18-15)19-9-16(10-19)6-7-16/h4-5,8H,6-7,9-10H2,1-3H3. The van der Waals surface area contributed by atoms with E-state index in [0.29, 0.717) is 5.41 Å². The van der Waals surface area contributed by atoms with Gasteiger partial charge in [0.2, 0.25) is 5.82 Å². The first-order valence-electron chi connectivity index (χ1n) is 7.44. The third-order valence-corrected chi connectivity index (χ3v) is 4.76. The van der Waals surface area contributed by atoms with Gasteiger partial charge in [-0.1, -0.05) is 0 Å². The summed E-state index contributed by atoms with van der Waals surface area (Å²) >= 11 is 0.